The zero-order valence-corrected chi connectivity index (χ0v) is 13.5. The maximum absolute atomic E-state index is 13.0. The second kappa shape index (κ2) is 6.48. The lowest BCUT2D eigenvalue weighted by Crippen LogP contribution is -2.49. The van der Waals surface area contributed by atoms with E-state index in [9.17, 15) is 9.59 Å². The minimum atomic E-state index is -0.439. The van der Waals surface area contributed by atoms with Gasteiger partial charge in [0, 0.05) is 25.3 Å². The highest BCUT2D eigenvalue weighted by Crippen LogP contribution is 2.32. The van der Waals surface area contributed by atoms with Crippen LogP contribution in [0.2, 0.25) is 0 Å². The number of methoxy groups -OCH3 is 1. The van der Waals surface area contributed by atoms with Crippen LogP contribution >= 0.6 is 0 Å². The third-order valence-corrected chi connectivity index (χ3v) is 4.75. The lowest BCUT2D eigenvalue weighted by atomic mass is 9.94. The van der Waals surface area contributed by atoms with Crippen LogP contribution in [0.4, 0.5) is 10.5 Å². The molecule has 1 aromatic carbocycles. The summed E-state index contributed by atoms with van der Waals surface area (Å²) >= 11 is 0. The van der Waals surface area contributed by atoms with Gasteiger partial charge in [0.05, 0.1) is 13.0 Å². The smallest absolute Gasteiger partial charge is 0.314 e. The summed E-state index contributed by atoms with van der Waals surface area (Å²) in [4.78, 5) is 27.8. The van der Waals surface area contributed by atoms with Crippen LogP contribution in [0.3, 0.4) is 0 Å². The molecule has 1 saturated heterocycles. The van der Waals surface area contributed by atoms with Crippen LogP contribution in [-0.4, -0.2) is 43.6 Å². The number of carbonyl (C=O) groups excluding carboxylic acids is 2. The van der Waals surface area contributed by atoms with Crippen molar-refractivity contribution < 1.29 is 14.3 Å². The van der Waals surface area contributed by atoms with Crippen LogP contribution in [0, 0.1) is 5.92 Å². The number of nitrogens with two attached hydrogens (primary N) is 1. The van der Waals surface area contributed by atoms with Crippen molar-refractivity contribution in [2.75, 3.05) is 31.6 Å². The van der Waals surface area contributed by atoms with E-state index < -0.39 is 6.03 Å². The predicted octanol–water partition coefficient (Wildman–Crippen LogP) is 1.77. The van der Waals surface area contributed by atoms with Gasteiger partial charge in [-0.25, -0.2) is 4.79 Å². The molecule has 23 heavy (non-hydrogen) atoms. The summed E-state index contributed by atoms with van der Waals surface area (Å²) in [5, 5.41) is 0. The van der Waals surface area contributed by atoms with Crippen molar-refractivity contribution in [3.8, 4) is 5.75 Å². The summed E-state index contributed by atoms with van der Waals surface area (Å²) in [6, 6.07) is 5.41. The highest BCUT2D eigenvalue weighted by molar-refractivity contribution is 5.96. The Hall–Kier alpha value is -2.24. The molecule has 2 heterocycles. The number of aryl methyl sites for hydroxylation is 1. The zero-order chi connectivity index (χ0) is 16.4. The number of nitrogens with zero attached hydrogens (tertiary/aromatic N) is 2. The van der Waals surface area contributed by atoms with Gasteiger partial charge in [-0.15, -0.1) is 0 Å². The third-order valence-electron chi connectivity index (χ3n) is 4.75. The first kappa shape index (κ1) is 15.6. The molecule has 3 amide bonds. The molecule has 0 radical (unpaired) electrons. The van der Waals surface area contributed by atoms with Gasteiger partial charge in [-0.3, -0.25) is 4.79 Å². The number of piperidine rings is 1. The summed E-state index contributed by atoms with van der Waals surface area (Å²) in [6.45, 7) is 1.80. The Labute approximate surface area is 136 Å². The minimum Gasteiger partial charge on any atom is -0.497 e. The lowest BCUT2D eigenvalue weighted by Gasteiger charge is -2.36. The van der Waals surface area contributed by atoms with E-state index in [0.717, 1.165) is 49.2 Å². The summed E-state index contributed by atoms with van der Waals surface area (Å²) in [7, 11) is 1.65. The van der Waals surface area contributed by atoms with Crippen molar-refractivity contribution in [3.05, 3.63) is 23.8 Å². The summed E-state index contributed by atoms with van der Waals surface area (Å²) < 4.78 is 5.27. The van der Waals surface area contributed by atoms with Crippen molar-refractivity contribution in [2.24, 2.45) is 11.7 Å². The minimum absolute atomic E-state index is 0.0991. The van der Waals surface area contributed by atoms with Gasteiger partial charge in [0.15, 0.2) is 0 Å². The number of carbonyl (C=O) groups is 2. The molecule has 0 spiro atoms. The van der Waals surface area contributed by atoms with Crippen LogP contribution in [0.5, 0.6) is 5.75 Å². The second-order valence-corrected chi connectivity index (χ2v) is 6.21. The lowest BCUT2D eigenvalue weighted by molar-refractivity contribution is -0.123. The SMILES string of the molecule is COc1ccc2c(c1)CCCN2C(=O)C1CCCN(C(N)=O)C1. The van der Waals surface area contributed by atoms with Gasteiger partial charge < -0.3 is 20.3 Å². The Morgan fingerprint density at radius 1 is 1.26 bits per heavy atom. The Morgan fingerprint density at radius 3 is 2.83 bits per heavy atom. The van der Waals surface area contributed by atoms with Crippen LogP contribution in [0.15, 0.2) is 18.2 Å². The first-order valence-corrected chi connectivity index (χ1v) is 8.13. The van der Waals surface area contributed by atoms with Crippen molar-refractivity contribution in [1.29, 1.82) is 0 Å². The van der Waals surface area contributed by atoms with Crippen LogP contribution in [0.25, 0.3) is 0 Å². The van der Waals surface area contributed by atoms with Crippen LogP contribution in [0.1, 0.15) is 24.8 Å². The van der Waals surface area contributed by atoms with Gasteiger partial charge in [-0.2, -0.15) is 0 Å². The number of hydrogen-bond acceptors (Lipinski definition) is 3. The number of urea groups is 1. The normalized spacial score (nSPS) is 20.8. The molecule has 2 aliphatic heterocycles. The number of amides is 3. The molecule has 0 saturated carbocycles. The maximum Gasteiger partial charge on any atom is 0.314 e. The summed E-state index contributed by atoms with van der Waals surface area (Å²) in [5.74, 6) is 0.752. The average molecular weight is 317 g/mol. The van der Waals surface area contributed by atoms with Gasteiger partial charge >= 0.3 is 6.03 Å². The highest BCUT2D eigenvalue weighted by atomic mass is 16.5. The molecule has 1 fully saturated rings. The molecule has 124 valence electrons. The van der Waals surface area contributed by atoms with E-state index in [-0.39, 0.29) is 11.8 Å². The van der Waals surface area contributed by atoms with Crippen molar-refractivity contribution in [1.82, 2.24) is 4.90 Å². The van der Waals surface area contributed by atoms with Gasteiger partial charge in [0.2, 0.25) is 5.91 Å². The van der Waals surface area contributed by atoms with Crippen molar-refractivity contribution >= 4 is 17.6 Å². The number of likely N-dealkylation sites (tertiary alicyclic amines) is 1. The molecular formula is C17H23N3O3. The first-order chi connectivity index (χ1) is 11.1. The molecule has 6 heteroatoms. The van der Waals surface area contributed by atoms with Crippen molar-refractivity contribution in [2.45, 2.75) is 25.7 Å². The molecule has 6 nitrogen and oxygen atoms in total. The fraction of sp³-hybridized carbons (Fsp3) is 0.529. The number of hydrogen-bond donors (Lipinski definition) is 1. The number of anilines is 1. The van der Waals surface area contributed by atoms with E-state index in [1.54, 1.807) is 12.0 Å². The largest absolute Gasteiger partial charge is 0.497 e. The highest BCUT2D eigenvalue weighted by Gasteiger charge is 2.32. The third kappa shape index (κ3) is 3.11. The Morgan fingerprint density at radius 2 is 2.09 bits per heavy atom. The first-order valence-electron chi connectivity index (χ1n) is 8.13. The standard InChI is InChI=1S/C17H23N3O3/c1-23-14-6-7-15-12(10-14)4-3-9-20(15)16(21)13-5-2-8-19(11-13)17(18)22/h6-7,10,13H,2-5,8-9,11H2,1H3,(H2,18,22). The molecule has 1 aromatic rings. The van der Waals surface area contributed by atoms with Gasteiger partial charge in [-0.05, 0) is 49.4 Å². The van der Waals surface area contributed by atoms with E-state index in [1.807, 2.05) is 23.1 Å². The topological polar surface area (TPSA) is 75.9 Å². The maximum atomic E-state index is 13.0. The predicted molar refractivity (Wildman–Crippen MR) is 87.5 cm³/mol. The molecule has 0 aliphatic carbocycles. The van der Waals surface area contributed by atoms with Crippen LogP contribution < -0.4 is 15.4 Å². The average Bonchev–Trinajstić information content (AvgIpc) is 2.60. The fourth-order valence-corrected chi connectivity index (χ4v) is 3.53. The van der Waals surface area contributed by atoms with Crippen LogP contribution in [-0.2, 0) is 11.2 Å². The number of fused-ring (bicyclic) bond motifs is 1. The number of rotatable bonds is 2. The molecule has 2 N–H and O–H groups in total. The summed E-state index contributed by atoms with van der Waals surface area (Å²) in [5.41, 5.74) is 7.48. The van der Waals surface area contributed by atoms with E-state index in [0.29, 0.717) is 13.1 Å². The Kier molecular flexibility index (Phi) is 4.41. The second-order valence-electron chi connectivity index (χ2n) is 6.21. The Balaban J connectivity index is 1.80. The van der Waals surface area contributed by atoms with Crippen molar-refractivity contribution in [3.63, 3.8) is 0 Å². The van der Waals surface area contributed by atoms with Gasteiger partial charge in [0.25, 0.3) is 0 Å². The molecule has 0 aromatic heterocycles. The van der Waals surface area contributed by atoms with E-state index >= 15 is 0 Å². The Bertz CT molecular complexity index is 617. The summed E-state index contributed by atoms with van der Waals surface area (Å²) in [6.07, 6.45) is 3.53. The number of ether oxygens (including phenoxy) is 1. The van der Waals surface area contributed by atoms with E-state index in [4.69, 9.17) is 10.5 Å². The molecular weight excluding hydrogens is 294 g/mol. The fourth-order valence-electron chi connectivity index (χ4n) is 3.53. The number of primary amides is 1. The van der Waals surface area contributed by atoms with Gasteiger partial charge in [-0.1, -0.05) is 0 Å². The quantitative estimate of drug-likeness (QED) is 0.903. The van der Waals surface area contributed by atoms with E-state index in [2.05, 4.69) is 0 Å². The molecule has 1 unspecified atom stereocenters. The molecule has 1 atom stereocenters. The molecule has 0 bridgehead atoms. The van der Waals surface area contributed by atoms with Gasteiger partial charge in [0.1, 0.15) is 5.75 Å². The van der Waals surface area contributed by atoms with E-state index in [1.165, 1.54) is 0 Å². The monoisotopic (exact) mass is 317 g/mol. The number of benzene rings is 1. The molecule has 2 aliphatic rings. The zero-order valence-electron chi connectivity index (χ0n) is 13.5. The molecule has 3 rings (SSSR count).